The minimum Gasteiger partial charge on any atom is -0.490 e. The number of rotatable bonds is 5. The van der Waals surface area contributed by atoms with Crippen LogP contribution in [0.15, 0.2) is 42.5 Å². The number of benzene rings is 2. The molecule has 1 aliphatic heterocycles. The smallest absolute Gasteiger partial charge is 0.311 e. The van der Waals surface area contributed by atoms with Crippen molar-refractivity contribution in [3.63, 3.8) is 0 Å². The van der Waals surface area contributed by atoms with Crippen LogP contribution in [0.3, 0.4) is 0 Å². The van der Waals surface area contributed by atoms with Crippen molar-refractivity contribution < 1.29 is 14.5 Å². The first-order valence-corrected chi connectivity index (χ1v) is 8.03. The quantitative estimate of drug-likeness (QED) is 0.651. The van der Waals surface area contributed by atoms with E-state index in [-0.39, 0.29) is 17.3 Å². The highest BCUT2D eigenvalue weighted by Crippen LogP contribution is 2.31. The van der Waals surface area contributed by atoms with Crippen LogP contribution in [0.2, 0.25) is 5.02 Å². The third kappa shape index (κ3) is 3.51. The summed E-state index contributed by atoms with van der Waals surface area (Å²) in [6.07, 6.45) is 0.616. The number of nitro groups is 1. The second-order valence-corrected chi connectivity index (χ2v) is 6.04. The van der Waals surface area contributed by atoms with Crippen molar-refractivity contribution in [2.45, 2.75) is 12.5 Å². The molecule has 7 nitrogen and oxygen atoms in total. The Bertz CT molecular complexity index is 827. The zero-order chi connectivity index (χ0) is 18.0. The maximum absolute atomic E-state index is 12.6. The van der Waals surface area contributed by atoms with Crippen LogP contribution in [0.5, 0.6) is 5.75 Å². The summed E-state index contributed by atoms with van der Waals surface area (Å²) in [7, 11) is 1.37. The molecule has 1 fully saturated rings. The van der Waals surface area contributed by atoms with Crippen molar-refractivity contribution in [2.24, 2.45) is 0 Å². The standard InChI is InChI=1S/C17H16ClN3O4/c1-25-16-10-12(5-6-15(16)21(23)24)19-14-7-8-20(17(14)22)13-4-2-3-11(18)9-13/h2-6,9-10,14,19H,7-8H2,1H3. The normalized spacial score (nSPS) is 16.8. The summed E-state index contributed by atoms with van der Waals surface area (Å²) in [5.74, 6) is 0.0757. The van der Waals surface area contributed by atoms with Crippen LogP contribution in [0.4, 0.5) is 17.1 Å². The lowest BCUT2D eigenvalue weighted by molar-refractivity contribution is -0.385. The van der Waals surface area contributed by atoms with E-state index < -0.39 is 11.0 Å². The third-order valence-electron chi connectivity index (χ3n) is 4.04. The first-order valence-electron chi connectivity index (χ1n) is 7.65. The SMILES string of the molecule is COc1cc(NC2CCN(c3cccc(Cl)c3)C2=O)ccc1[N+](=O)[O-]. The fourth-order valence-electron chi connectivity index (χ4n) is 2.83. The van der Waals surface area contributed by atoms with Gasteiger partial charge in [-0.15, -0.1) is 0 Å². The summed E-state index contributed by atoms with van der Waals surface area (Å²) >= 11 is 5.99. The molecule has 1 aliphatic rings. The van der Waals surface area contributed by atoms with Gasteiger partial charge < -0.3 is 15.0 Å². The van der Waals surface area contributed by atoms with Crippen molar-refractivity contribution in [2.75, 3.05) is 23.9 Å². The molecule has 0 spiro atoms. The lowest BCUT2D eigenvalue weighted by Crippen LogP contribution is -2.33. The molecule has 3 rings (SSSR count). The minimum atomic E-state index is -0.510. The molecule has 2 aromatic carbocycles. The molecule has 1 saturated heterocycles. The Labute approximate surface area is 149 Å². The van der Waals surface area contributed by atoms with E-state index in [0.717, 1.165) is 5.69 Å². The molecule has 0 saturated carbocycles. The van der Waals surface area contributed by atoms with Gasteiger partial charge in [-0.25, -0.2) is 0 Å². The van der Waals surface area contributed by atoms with Gasteiger partial charge in [0.25, 0.3) is 0 Å². The topological polar surface area (TPSA) is 84.7 Å². The maximum atomic E-state index is 12.6. The molecule has 1 heterocycles. The number of halogens is 1. The van der Waals surface area contributed by atoms with E-state index in [1.807, 2.05) is 6.07 Å². The van der Waals surface area contributed by atoms with Gasteiger partial charge in [-0.2, -0.15) is 0 Å². The molecule has 0 bridgehead atoms. The number of carbonyl (C=O) groups excluding carboxylic acids is 1. The second-order valence-electron chi connectivity index (χ2n) is 5.60. The average molecular weight is 362 g/mol. The van der Waals surface area contributed by atoms with Gasteiger partial charge in [-0.1, -0.05) is 17.7 Å². The monoisotopic (exact) mass is 361 g/mol. The third-order valence-corrected chi connectivity index (χ3v) is 4.28. The average Bonchev–Trinajstić information content (AvgIpc) is 2.95. The number of ether oxygens (including phenoxy) is 1. The summed E-state index contributed by atoms with van der Waals surface area (Å²) in [5, 5.41) is 14.6. The molecule has 1 atom stereocenters. The van der Waals surface area contributed by atoms with Gasteiger partial charge in [0.05, 0.1) is 12.0 Å². The molecular formula is C17H16ClN3O4. The highest BCUT2D eigenvalue weighted by molar-refractivity contribution is 6.31. The predicted molar refractivity (Wildman–Crippen MR) is 95.5 cm³/mol. The number of nitrogens with one attached hydrogen (secondary N) is 1. The van der Waals surface area contributed by atoms with Gasteiger partial charge in [0.2, 0.25) is 5.91 Å². The lowest BCUT2D eigenvalue weighted by Gasteiger charge is -2.18. The molecule has 2 aromatic rings. The first kappa shape index (κ1) is 17.0. The highest BCUT2D eigenvalue weighted by atomic mass is 35.5. The van der Waals surface area contributed by atoms with Crippen LogP contribution in [0.25, 0.3) is 0 Å². The number of carbonyl (C=O) groups is 1. The molecular weight excluding hydrogens is 346 g/mol. The summed E-state index contributed by atoms with van der Waals surface area (Å²) in [6.45, 7) is 0.570. The van der Waals surface area contributed by atoms with Crippen molar-refractivity contribution in [3.8, 4) is 5.75 Å². The zero-order valence-corrected chi connectivity index (χ0v) is 14.2. The van der Waals surface area contributed by atoms with E-state index in [1.54, 1.807) is 29.2 Å². The van der Waals surface area contributed by atoms with Crippen molar-refractivity contribution in [1.29, 1.82) is 0 Å². The van der Waals surface area contributed by atoms with Gasteiger partial charge in [0, 0.05) is 35.1 Å². The zero-order valence-electron chi connectivity index (χ0n) is 13.4. The fourth-order valence-corrected chi connectivity index (χ4v) is 3.02. The molecule has 1 amide bonds. The number of nitro benzene ring substituents is 1. The van der Waals surface area contributed by atoms with Crippen LogP contribution < -0.4 is 15.0 Å². The van der Waals surface area contributed by atoms with E-state index in [2.05, 4.69) is 5.32 Å². The highest BCUT2D eigenvalue weighted by Gasteiger charge is 2.32. The van der Waals surface area contributed by atoms with E-state index in [4.69, 9.17) is 16.3 Å². The van der Waals surface area contributed by atoms with Crippen molar-refractivity contribution in [1.82, 2.24) is 0 Å². The van der Waals surface area contributed by atoms with E-state index in [1.165, 1.54) is 19.2 Å². The van der Waals surface area contributed by atoms with Gasteiger partial charge in [0.1, 0.15) is 6.04 Å². The molecule has 25 heavy (non-hydrogen) atoms. The summed E-state index contributed by atoms with van der Waals surface area (Å²) in [4.78, 5) is 24.7. The number of methoxy groups -OCH3 is 1. The van der Waals surface area contributed by atoms with E-state index >= 15 is 0 Å². The molecule has 0 aromatic heterocycles. The van der Waals surface area contributed by atoms with Crippen LogP contribution in [0.1, 0.15) is 6.42 Å². The molecule has 0 aliphatic carbocycles. The largest absolute Gasteiger partial charge is 0.490 e. The lowest BCUT2D eigenvalue weighted by atomic mass is 10.2. The minimum absolute atomic E-state index is 0.0698. The Morgan fingerprint density at radius 2 is 2.12 bits per heavy atom. The molecule has 1 unspecified atom stereocenters. The Morgan fingerprint density at radius 1 is 1.32 bits per heavy atom. The Balaban J connectivity index is 1.76. The van der Waals surface area contributed by atoms with E-state index in [0.29, 0.717) is 23.7 Å². The van der Waals surface area contributed by atoms with Gasteiger partial charge >= 0.3 is 5.69 Å². The Morgan fingerprint density at radius 3 is 2.80 bits per heavy atom. The Kier molecular flexibility index (Phi) is 4.76. The maximum Gasteiger partial charge on any atom is 0.311 e. The first-order chi connectivity index (χ1) is 12.0. The second kappa shape index (κ2) is 6.98. The van der Waals surface area contributed by atoms with Crippen molar-refractivity contribution in [3.05, 3.63) is 57.6 Å². The summed E-state index contributed by atoms with van der Waals surface area (Å²) < 4.78 is 5.05. The predicted octanol–water partition coefficient (Wildman–Crippen LogP) is 3.47. The molecule has 0 radical (unpaired) electrons. The number of anilines is 2. The molecule has 1 N–H and O–H groups in total. The number of hydrogen-bond donors (Lipinski definition) is 1. The summed E-state index contributed by atoms with van der Waals surface area (Å²) in [5.41, 5.74) is 1.23. The fraction of sp³-hybridized carbons (Fsp3) is 0.235. The number of nitrogens with zero attached hydrogens (tertiary/aromatic N) is 2. The van der Waals surface area contributed by atoms with Crippen LogP contribution in [0, 0.1) is 10.1 Å². The Hall–Kier alpha value is -2.80. The van der Waals surface area contributed by atoms with Crippen LogP contribution in [-0.2, 0) is 4.79 Å². The van der Waals surface area contributed by atoms with Gasteiger partial charge in [0.15, 0.2) is 5.75 Å². The summed E-state index contributed by atoms with van der Waals surface area (Å²) in [6, 6.07) is 11.2. The van der Waals surface area contributed by atoms with Gasteiger partial charge in [-0.05, 0) is 30.7 Å². The van der Waals surface area contributed by atoms with Crippen molar-refractivity contribution >= 4 is 34.6 Å². The van der Waals surface area contributed by atoms with Crippen LogP contribution in [-0.4, -0.2) is 30.5 Å². The molecule has 130 valence electrons. The van der Waals surface area contributed by atoms with E-state index in [9.17, 15) is 14.9 Å². The van der Waals surface area contributed by atoms with Crippen LogP contribution >= 0.6 is 11.6 Å². The number of hydrogen-bond acceptors (Lipinski definition) is 5. The van der Waals surface area contributed by atoms with Gasteiger partial charge in [-0.3, -0.25) is 14.9 Å². The number of amides is 1. The molecule has 8 heteroatoms.